The van der Waals surface area contributed by atoms with Gasteiger partial charge in [0.15, 0.2) is 12.7 Å². The molecule has 0 radical (unpaired) electrons. The number of fused-ring (bicyclic) bond motifs is 2. The van der Waals surface area contributed by atoms with E-state index >= 15 is 0 Å². The molecule has 0 atom stereocenters. The van der Waals surface area contributed by atoms with Crippen molar-refractivity contribution in [2.75, 3.05) is 17.6 Å². The van der Waals surface area contributed by atoms with Crippen molar-refractivity contribution >= 4 is 63.6 Å². The van der Waals surface area contributed by atoms with Crippen LogP contribution in [0, 0.1) is 0 Å². The number of pyridine rings is 1. The fourth-order valence-electron chi connectivity index (χ4n) is 7.55. The van der Waals surface area contributed by atoms with Crippen molar-refractivity contribution in [3.63, 3.8) is 0 Å². The van der Waals surface area contributed by atoms with Crippen molar-refractivity contribution < 1.29 is 48.4 Å². The summed E-state index contributed by atoms with van der Waals surface area (Å²) in [5, 5.41) is 16.1. The smallest absolute Gasteiger partial charge is 0.335 e. The Morgan fingerprint density at radius 2 is 1.22 bits per heavy atom. The number of benzene rings is 6. The minimum Gasteiger partial charge on any atom is -1.00 e. The van der Waals surface area contributed by atoms with Crippen LogP contribution in [0.2, 0.25) is 0 Å². The third kappa shape index (κ3) is 8.51. The highest BCUT2D eigenvalue weighted by molar-refractivity contribution is 8.04. The second-order valence-electron chi connectivity index (χ2n) is 13.4. The number of carboxylic acid groups (broad SMARTS) is 1. The SMILES string of the molecule is O=C(O)c1ccc(C[n+]2ccc(C=C3Sc4ccccc4N3CCCC[P+](c3ccccc3)(c3ccccc3)c3ccccc3)c3ccccc32)cc1.[Br-].[Br-]. The number of unbranched alkanes of at least 4 members (excludes halogenated alkanes) is 1. The van der Waals surface area contributed by atoms with E-state index < -0.39 is 13.2 Å². The number of rotatable bonds is 12. The van der Waals surface area contributed by atoms with Gasteiger partial charge in [-0.05, 0) is 91.2 Å². The number of aromatic carboxylic acids is 1. The summed E-state index contributed by atoms with van der Waals surface area (Å²) >= 11 is 1.85. The third-order valence-electron chi connectivity index (χ3n) is 10.1. The van der Waals surface area contributed by atoms with E-state index in [4.69, 9.17) is 0 Å². The van der Waals surface area contributed by atoms with Crippen molar-refractivity contribution in [1.82, 2.24) is 0 Å². The summed E-state index contributed by atoms with van der Waals surface area (Å²) in [5.74, 6) is -0.908. The molecule has 0 saturated carbocycles. The third-order valence-corrected chi connectivity index (χ3v) is 15.8. The first-order chi connectivity index (χ1) is 26.1. The molecule has 0 amide bonds. The van der Waals surface area contributed by atoms with Crippen LogP contribution in [-0.2, 0) is 6.54 Å². The molecule has 1 aliphatic heterocycles. The number of halogens is 2. The van der Waals surface area contributed by atoms with Gasteiger partial charge in [-0.25, -0.2) is 4.79 Å². The lowest BCUT2D eigenvalue weighted by Gasteiger charge is -2.28. The van der Waals surface area contributed by atoms with Gasteiger partial charge in [-0.3, -0.25) is 0 Å². The number of para-hydroxylation sites is 2. The van der Waals surface area contributed by atoms with E-state index in [1.54, 1.807) is 12.1 Å². The number of thioether (sulfide) groups is 1. The van der Waals surface area contributed by atoms with E-state index in [0.29, 0.717) is 12.1 Å². The molecule has 8 heteroatoms. The molecule has 6 aromatic carbocycles. The van der Waals surface area contributed by atoms with Crippen LogP contribution in [-0.4, -0.2) is 23.8 Å². The molecule has 4 nitrogen and oxygen atoms in total. The topological polar surface area (TPSA) is 44.4 Å². The lowest BCUT2D eigenvalue weighted by Crippen LogP contribution is -3.00. The molecule has 276 valence electrons. The van der Waals surface area contributed by atoms with Crippen LogP contribution in [0.4, 0.5) is 5.69 Å². The zero-order valence-electron chi connectivity index (χ0n) is 30.2. The van der Waals surface area contributed by atoms with Gasteiger partial charge in [-0.15, -0.1) is 0 Å². The van der Waals surface area contributed by atoms with Gasteiger partial charge in [-0.2, -0.15) is 4.57 Å². The van der Waals surface area contributed by atoms with Gasteiger partial charge in [0.2, 0.25) is 5.52 Å². The molecule has 0 unspecified atom stereocenters. The van der Waals surface area contributed by atoms with Crippen molar-refractivity contribution in [2.45, 2.75) is 24.3 Å². The summed E-state index contributed by atoms with van der Waals surface area (Å²) < 4.78 is 2.24. The van der Waals surface area contributed by atoms with Gasteiger partial charge in [0.1, 0.15) is 23.2 Å². The largest absolute Gasteiger partial charge is 1.00 e. The minimum absolute atomic E-state index is 0. The van der Waals surface area contributed by atoms with Crippen LogP contribution in [0.5, 0.6) is 0 Å². The maximum atomic E-state index is 11.4. The minimum atomic E-state index is -1.88. The van der Waals surface area contributed by atoms with E-state index in [1.165, 1.54) is 42.5 Å². The van der Waals surface area contributed by atoms with E-state index in [2.05, 4.69) is 167 Å². The summed E-state index contributed by atoms with van der Waals surface area (Å²) in [7, 11) is -1.88. The number of nitrogens with zero attached hydrogens (tertiary/aromatic N) is 2. The highest BCUT2D eigenvalue weighted by Gasteiger charge is 2.44. The molecule has 1 N–H and O–H groups in total. The Balaban J connectivity index is 0.00000257. The van der Waals surface area contributed by atoms with E-state index in [0.717, 1.165) is 36.6 Å². The van der Waals surface area contributed by atoms with Crippen molar-refractivity contribution in [3.05, 3.63) is 198 Å². The van der Waals surface area contributed by atoms with Crippen LogP contribution < -0.4 is 59.3 Å². The molecule has 0 bridgehead atoms. The molecule has 1 aliphatic rings. The van der Waals surface area contributed by atoms with Crippen LogP contribution in [0.1, 0.15) is 34.3 Å². The first-order valence-electron chi connectivity index (χ1n) is 18.1. The predicted molar refractivity (Wildman–Crippen MR) is 224 cm³/mol. The maximum absolute atomic E-state index is 11.4. The number of aromatic nitrogens is 1. The van der Waals surface area contributed by atoms with Gasteiger partial charge in [0, 0.05) is 29.1 Å². The molecular weight excluding hydrogens is 847 g/mol. The van der Waals surface area contributed by atoms with Crippen LogP contribution in [0.15, 0.2) is 186 Å². The average molecular weight is 889 g/mol. The van der Waals surface area contributed by atoms with E-state index in [9.17, 15) is 9.90 Å². The lowest BCUT2D eigenvalue weighted by atomic mass is 10.1. The number of hydrogen-bond donors (Lipinski definition) is 1. The van der Waals surface area contributed by atoms with Gasteiger partial charge in [0.05, 0.1) is 27.8 Å². The summed E-state index contributed by atoms with van der Waals surface area (Å²) in [4.78, 5) is 15.2. The molecule has 0 fully saturated rings. The van der Waals surface area contributed by atoms with Gasteiger partial charge < -0.3 is 44.0 Å². The van der Waals surface area contributed by atoms with Gasteiger partial charge >= 0.3 is 5.97 Å². The van der Waals surface area contributed by atoms with Crippen LogP contribution >= 0.6 is 19.0 Å². The zero-order valence-corrected chi connectivity index (χ0v) is 35.1. The Morgan fingerprint density at radius 3 is 1.84 bits per heavy atom. The maximum Gasteiger partial charge on any atom is 0.335 e. The monoisotopic (exact) mass is 886 g/mol. The molecule has 7 aromatic rings. The normalized spacial score (nSPS) is 12.9. The predicted octanol–water partition coefficient (Wildman–Crippen LogP) is 3.57. The number of carboxylic acids is 1. The van der Waals surface area contributed by atoms with Crippen molar-refractivity contribution in [3.8, 4) is 0 Å². The molecule has 0 spiro atoms. The van der Waals surface area contributed by atoms with Crippen LogP contribution in [0.3, 0.4) is 0 Å². The number of hydrogen-bond acceptors (Lipinski definition) is 3. The fraction of sp³-hybridized carbons (Fsp3) is 0.106. The fourth-order valence-corrected chi connectivity index (χ4v) is 13.1. The molecule has 8 rings (SSSR count). The van der Waals surface area contributed by atoms with Crippen molar-refractivity contribution in [1.29, 1.82) is 0 Å². The quantitative estimate of drug-likeness (QED) is 0.116. The second kappa shape index (κ2) is 18.4. The summed E-state index contributed by atoms with van der Waals surface area (Å²) in [6.45, 7) is 1.59. The van der Waals surface area contributed by atoms with Crippen molar-refractivity contribution in [2.24, 2.45) is 0 Å². The summed E-state index contributed by atoms with van der Waals surface area (Å²) in [6, 6.07) is 60.2. The van der Waals surface area contributed by atoms with Gasteiger partial charge in [-0.1, -0.05) is 103 Å². The van der Waals surface area contributed by atoms with E-state index in [1.807, 2.05) is 23.9 Å². The molecule has 0 aliphatic carbocycles. The van der Waals surface area contributed by atoms with Gasteiger partial charge in [0.25, 0.3) is 0 Å². The molecule has 55 heavy (non-hydrogen) atoms. The average Bonchev–Trinajstić information content (AvgIpc) is 3.56. The summed E-state index contributed by atoms with van der Waals surface area (Å²) in [5.41, 5.74) is 4.95. The molecule has 2 heterocycles. The Kier molecular flexibility index (Phi) is 13.4. The Morgan fingerprint density at radius 1 is 0.655 bits per heavy atom. The standard InChI is InChI=1S/C47H40N2O2PS.2BrH/c50-47(51)37-28-26-36(27-29-37)35-48-32-30-38(42-22-10-11-23-43(42)48)34-46-49(44-24-12-13-25-45(44)53-46)31-14-15-33-52(39-16-4-1-5-17-39,40-18-6-2-7-19-40)41-20-8-3-9-21-41;;/h1-13,16-30,32,34H,14-15,31,33,35H2;2*1H/q+1;;/p-1. The number of carbonyl (C=O) groups is 1. The first kappa shape index (κ1) is 40.2. The first-order valence-corrected chi connectivity index (χ1v) is 20.9. The summed E-state index contributed by atoms with van der Waals surface area (Å²) in [6.07, 6.45) is 7.78. The molecule has 0 saturated heterocycles. The zero-order chi connectivity index (χ0) is 36.0. The Hall–Kier alpha value is -4.52. The molecule has 1 aromatic heterocycles. The lowest BCUT2D eigenvalue weighted by molar-refractivity contribution is -0.662. The highest BCUT2D eigenvalue weighted by Crippen LogP contribution is 2.56. The van der Waals surface area contributed by atoms with E-state index in [-0.39, 0.29) is 34.0 Å². The second-order valence-corrected chi connectivity index (χ2v) is 18.0. The number of anilines is 1. The Labute approximate surface area is 349 Å². The molecular formula is C47H41Br2N2O2PS. The Bertz CT molecular complexity index is 2300. The highest BCUT2D eigenvalue weighted by atomic mass is 79.9. The van der Waals surface area contributed by atoms with Crippen LogP contribution in [0.25, 0.3) is 17.0 Å².